The zero-order valence-corrected chi connectivity index (χ0v) is 14.3. The van der Waals surface area contributed by atoms with E-state index in [-0.39, 0.29) is 6.61 Å². The van der Waals surface area contributed by atoms with Gasteiger partial charge in [0, 0.05) is 6.54 Å². The molecule has 0 radical (unpaired) electrons. The van der Waals surface area contributed by atoms with Gasteiger partial charge in [-0.25, -0.2) is 0 Å². The number of nitrogens with zero attached hydrogens (tertiary/aromatic N) is 1. The van der Waals surface area contributed by atoms with Gasteiger partial charge in [-0.05, 0) is 18.9 Å². The molecule has 0 aromatic heterocycles. The molecule has 2 aliphatic rings. The van der Waals surface area contributed by atoms with Gasteiger partial charge in [0.2, 0.25) is 0 Å². The molecular weight excluding hydrogens is 294 g/mol. The van der Waals surface area contributed by atoms with Crippen molar-refractivity contribution in [3.05, 3.63) is 0 Å². The molecule has 23 heavy (non-hydrogen) atoms. The SMILES string of the molecule is OC[C@@H]1[C@@H](O)[C@H](O)[C@@H](O)CN1CCCCCCC1CCCCC1. The summed E-state index contributed by atoms with van der Waals surface area (Å²) in [4.78, 5) is 1.92. The van der Waals surface area contributed by atoms with Crippen LogP contribution in [0, 0.1) is 5.92 Å². The molecule has 1 aliphatic carbocycles. The van der Waals surface area contributed by atoms with E-state index in [0.29, 0.717) is 6.54 Å². The number of likely N-dealkylation sites (tertiary alicyclic amines) is 1. The Morgan fingerprint density at radius 2 is 1.52 bits per heavy atom. The molecule has 4 atom stereocenters. The predicted octanol–water partition coefficient (Wildman–Crippen LogP) is 1.28. The first kappa shape index (κ1) is 19.1. The average Bonchev–Trinajstić information content (AvgIpc) is 2.57. The van der Waals surface area contributed by atoms with Gasteiger partial charge >= 0.3 is 0 Å². The normalized spacial score (nSPS) is 33.9. The number of hydrogen-bond acceptors (Lipinski definition) is 5. The number of piperidine rings is 1. The van der Waals surface area contributed by atoms with Crippen molar-refractivity contribution < 1.29 is 20.4 Å². The summed E-state index contributed by atoms with van der Waals surface area (Å²) in [5.74, 6) is 0.955. The van der Waals surface area contributed by atoms with Crippen molar-refractivity contribution >= 4 is 0 Å². The summed E-state index contributed by atoms with van der Waals surface area (Å²) in [6.07, 6.45) is 10.0. The topological polar surface area (TPSA) is 84.2 Å². The van der Waals surface area contributed by atoms with Gasteiger partial charge in [0.1, 0.15) is 12.2 Å². The van der Waals surface area contributed by atoms with E-state index in [9.17, 15) is 20.4 Å². The Balaban J connectivity index is 1.59. The quantitative estimate of drug-likeness (QED) is 0.504. The summed E-state index contributed by atoms with van der Waals surface area (Å²) in [5, 5.41) is 38.9. The van der Waals surface area contributed by atoms with Gasteiger partial charge in [-0.2, -0.15) is 0 Å². The third-order valence-electron chi connectivity index (χ3n) is 5.75. The zero-order chi connectivity index (χ0) is 16.7. The first-order valence-electron chi connectivity index (χ1n) is 9.52. The fourth-order valence-electron chi connectivity index (χ4n) is 4.21. The number of hydrogen-bond donors (Lipinski definition) is 4. The van der Waals surface area contributed by atoms with Crippen molar-refractivity contribution in [2.24, 2.45) is 5.92 Å². The van der Waals surface area contributed by atoms with Gasteiger partial charge in [-0.1, -0.05) is 57.8 Å². The lowest BCUT2D eigenvalue weighted by atomic mass is 9.85. The highest BCUT2D eigenvalue weighted by Gasteiger charge is 2.40. The molecule has 1 saturated heterocycles. The molecule has 0 aromatic carbocycles. The maximum Gasteiger partial charge on any atom is 0.109 e. The van der Waals surface area contributed by atoms with Crippen LogP contribution in [-0.2, 0) is 0 Å². The average molecular weight is 329 g/mol. The fourth-order valence-corrected chi connectivity index (χ4v) is 4.21. The first-order chi connectivity index (χ1) is 11.1. The summed E-state index contributed by atoms with van der Waals surface area (Å²) in [6, 6.07) is -0.462. The van der Waals surface area contributed by atoms with Crippen molar-refractivity contribution in [3.8, 4) is 0 Å². The molecule has 1 aliphatic heterocycles. The second kappa shape index (κ2) is 9.94. The van der Waals surface area contributed by atoms with Gasteiger partial charge in [0.05, 0.1) is 18.8 Å². The van der Waals surface area contributed by atoms with Crippen molar-refractivity contribution in [1.29, 1.82) is 0 Å². The standard InChI is InChI=1S/C18H35NO4/c20-13-15-17(22)18(23)16(21)12-19(15)11-7-2-1-4-8-14-9-5-3-6-10-14/h14-18,20-23H,1-13H2/t15-,16+,17-,18-/m1/s1. The van der Waals surface area contributed by atoms with Crippen LogP contribution in [0.2, 0.25) is 0 Å². The number of aliphatic hydroxyl groups excluding tert-OH is 4. The van der Waals surface area contributed by atoms with Crippen LogP contribution >= 0.6 is 0 Å². The van der Waals surface area contributed by atoms with E-state index in [0.717, 1.165) is 25.3 Å². The molecule has 2 fully saturated rings. The van der Waals surface area contributed by atoms with E-state index in [1.807, 2.05) is 4.90 Å². The van der Waals surface area contributed by atoms with Crippen LogP contribution in [0.25, 0.3) is 0 Å². The maximum absolute atomic E-state index is 9.95. The molecule has 1 saturated carbocycles. The minimum atomic E-state index is -1.15. The first-order valence-corrected chi connectivity index (χ1v) is 9.52. The Hall–Kier alpha value is -0.200. The van der Waals surface area contributed by atoms with Gasteiger partial charge < -0.3 is 20.4 Å². The monoisotopic (exact) mass is 329 g/mol. The Morgan fingerprint density at radius 3 is 2.22 bits per heavy atom. The molecule has 0 unspecified atom stereocenters. The van der Waals surface area contributed by atoms with Crippen molar-refractivity contribution in [3.63, 3.8) is 0 Å². The molecule has 2 rings (SSSR count). The van der Waals surface area contributed by atoms with Crippen molar-refractivity contribution in [1.82, 2.24) is 4.90 Å². The van der Waals surface area contributed by atoms with Crippen LogP contribution in [0.3, 0.4) is 0 Å². The lowest BCUT2D eigenvalue weighted by Crippen LogP contribution is -2.62. The zero-order valence-electron chi connectivity index (χ0n) is 14.3. The maximum atomic E-state index is 9.95. The van der Waals surface area contributed by atoms with Crippen LogP contribution in [0.4, 0.5) is 0 Å². The van der Waals surface area contributed by atoms with E-state index in [1.165, 1.54) is 51.4 Å². The molecule has 4 N–H and O–H groups in total. The smallest absolute Gasteiger partial charge is 0.109 e. The van der Waals surface area contributed by atoms with Gasteiger partial charge in [-0.15, -0.1) is 0 Å². The van der Waals surface area contributed by atoms with Crippen LogP contribution in [0.1, 0.15) is 64.2 Å². The second-order valence-corrected chi connectivity index (χ2v) is 7.50. The lowest BCUT2D eigenvalue weighted by Gasteiger charge is -2.43. The molecule has 0 spiro atoms. The minimum absolute atomic E-state index is 0.188. The minimum Gasteiger partial charge on any atom is -0.395 e. The summed E-state index contributed by atoms with van der Waals surface area (Å²) in [6.45, 7) is 0.896. The predicted molar refractivity (Wildman–Crippen MR) is 90.1 cm³/mol. The molecule has 5 nitrogen and oxygen atoms in total. The fraction of sp³-hybridized carbons (Fsp3) is 1.00. The van der Waals surface area contributed by atoms with Crippen molar-refractivity contribution in [2.75, 3.05) is 19.7 Å². The van der Waals surface area contributed by atoms with E-state index in [1.54, 1.807) is 0 Å². The number of β-amino-alcohol motifs (C(OH)–C–C–N with tert-alkyl or cyclic N) is 1. The third-order valence-corrected chi connectivity index (χ3v) is 5.75. The lowest BCUT2D eigenvalue weighted by molar-refractivity contribution is -0.145. The largest absolute Gasteiger partial charge is 0.395 e. The van der Waals surface area contributed by atoms with Crippen LogP contribution in [0.5, 0.6) is 0 Å². The second-order valence-electron chi connectivity index (χ2n) is 7.50. The van der Waals surface area contributed by atoms with Gasteiger partial charge in [0.25, 0.3) is 0 Å². The van der Waals surface area contributed by atoms with E-state index >= 15 is 0 Å². The molecule has 0 aromatic rings. The highest BCUT2D eigenvalue weighted by molar-refractivity contribution is 4.93. The van der Waals surface area contributed by atoms with E-state index < -0.39 is 24.4 Å². The van der Waals surface area contributed by atoms with Crippen LogP contribution in [0.15, 0.2) is 0 Å². The molecule has 0 amide bonds. The molecule has 0 bridgehead atoms. The Labute approximate surface area is 140 Å². The number of rotatable bonds is 8. The van der Waals surface area contributed by atoms with Gasteiger partial charge in [0.15, 0.2) is 0 Å². The van der Waals surface area contributed by atoms with Crippen LogP contribution in [-0.4, -0.2) is 69.4 Å². The molecule has 5 heteroatoms. The molecular formula is C18H35NO4. The van der Waals surface area contributed by atoms with E-state index in [2.05, 4.69) is 0 Å². The summed E-state index contributed by atoms with van der Waals surface area (Å²) < 4.78 is 0. The Morgan fingerprint density at radius 1 is 0.826 bits per heavy atom. The van der Waals surface area contributed by atoms with E-state index in [4.69, 9.17) is 0 Å². The molecule has 1 heterocycles. The van der Waals surface area contributed by atoms with Crippen LogP contribution < -0.4 is 0 Å². The Bertz CT molecular complexity index is 322. The number of aliphatic hydroxyl groups is 4. The van der Waals surface area contributed by atoms with Crippen molar-refractivity contribution in [2.45, 2.75) is 88.6 Å². The summed E-state index contributed by atoms with van der Waals surface area (Å²) in [5.41, 5.74) is 0. The Kier molecular flexibility index (Phi) is 8.27. The highest BCUT2D eigenvalue weighted by atomic mass is 16.4. The third kappa shape index (κ3) is 5.68. The molecule has 136 valence electrons. The highest BCUT2D eigenvalue weighted by Crippen LogP contribution is 2.28. The summed E-state index contributed by atoms with van der Waals surface area (Å²) in [7, 11) is 0. The summed E-state index contributed by atoms with van der Waals surface area (Å²) >= 11 is 0. The number of unbranched alkanes of at least 4 members (excludes halogenated alkanes) is 3. The van der Waals surface area contributed by atoms with Gasteiger partial charge in [-0.3, -0.25) is 4.90 Å².